The molecular weight excluding hydrogens is 228 g/mol. The van der Waals surface area contributed by atoms with Crippen LogP contribution in [-0.2, 0) is 0 Å². The lowest BCUT2D eigenvalue weighted by molar-refractivity contribution is 0.152. The molecular formula is C11H17ClN2O2. The van der Waals surface area contributed by atoms with Crippen LogP contribution in [0, 0.1) is 6.92 Å². The van der Waals surface area contributed by atoms with Crippen molar-refractivity contribution in [2.45, 2.75) is 19.1 Å². The topological polar surface area (TPSA) is 81.5 Å². The SMILES string of the molecule is COc1cc(C)c(C(N)C(O)CN)cc1Cl. The molecule has 0 aliphatic carbocycles. The molecule has 2 atom stereocenters. The predicted octanol–water partition coefficient (Wildman–Crippen LogP) is 0.976. The van der Waals surface area contributed by atoms with Crippen LogP contribution in [0.1, 0.15) is 17.2 Å². The van der Waals surface area contributed by atoms with Crippen LogP contribution in [0.4, 0.5) is 0 Å². The van der Waals surface area contributed by atoms with Crippen LogP contribution in [0.25, 0.3) is 0 Å². The highest BCUT2D eigenvalue weighted by atomic mass is 35.5. The Balaban J connectivity index is 3.10. The summed E-state index contributed by atoms with van der Waals surface area (Å²) in [6, 6.07) is 2.97. The van der Waals surface area contributed by atoms with Gasteiger partial charge in [0.15, 0.2) is 0 Å². The summed E-state index contributed by atoms with van der Waals surface area (Å²) < 4.78 is 5.09. The summed E-state index contributed by atoms with van der Waals surface area (Å²) >= 11 is 6.00. The second kappa shape index (κ2) is 5.50. The molecule has 0 spiro atoms. The van der Waals surface area contributed by atoms with Gasteiger partial charge in [-0.1, -0.05) is 11.6 Å². The molecule has 16 heavy (non-hydrogen) atoms. The Morgan fingerprint density at radius 2 is 2.12 bits per heavy atom. The Labute approximate surface area is 100 Å². The number of aliphatic hydroxyl groups excluding tert-OH is 1. The van der Waals surface area contributed by atoms with E-state index >= 15 is 0 Å². The van der Waals surface area contributed by atoms with Crippen molar-refractivity contribution < 1.29 is 9.84 Å². The Morgan fingerprint density at radius 1 is 1.50 bits per heavy atom. The number of aliphatic hydroxyl groups is 1. The quantitative estimate of drug-likeness (QED) is 0.737. The molecule has 5 heteroatoms. The normalized spacial score (nSPS) is 14.6. The van der Waals surface area contributed by atoms with Gasteiger partial charge < -0.3 is 21.3 Å². The Hall–Kier alpha value is -0.810. The molecule has 0 saturated heterocycles. The maximum Gasteiger partial charge on any atom is 0.137 e. The number of aryl methyl sites for hydroxylation is 1. The molecule has 0 fully saturated rings. The van der Waals surface area contributed by atoms with Crippen LogP contribution in [0.3, 0.4) is 0 Å². The highest BCUT2D eigenvalue weighted by Gasteiger charge is 2.18. The van der Waals surface area contributed by atoms with Crippen LogP contribution in [-0.4, -0.2) is 24.9 Å². The van der Waals surface area contributed by atoms with Crippen molar-refractivity contribution in [2.75, 3.05) is 13.7 Å². The Kier molecular flexibility index (Phi) is 4.56. The second-order valence-corrected chi connectivity index (χ2v) is 4.08. The first-order valence-electron chi connectivity index (χ1n) is 4.99. The van der Waals surface area contributed by atoms with Gasteiger partial charge in [-0.2, -0.15) is 0 Å². The number of hydrogen-bond acceptors (Lipinski definition) is 4. The molecule has 0 aromatic heterocycles. The molecule has 0 saturated carbocycles. The molecule has 1 aromatic carbocycles. The van der Waals surface area contributed by atoms with Crippen molar-refractivity contribution in [3.8, 4) is 5.75 Å². The zero-order valence-electron chi connectivity index (χ0n) is 9.40. The van der Waals surface area contributed by atoms with Crippen LogP contribution in [0.2, 0.25) is 5.02 Å². The molecule has 0 amide bonds. The summed E-state index contributed by atoms with van der Waals surface area (Å²) in [6.45, 7) is 2.00. The molecule has 0 aliphatic rings. The van der Waals surface area contributed by atoms with Crippen molar-refractivity contribution in [3.05, 3.63) is 28.3 Å². The minimum atomic E-state index is -0.775. The maximum absolute atomic E-state index is 9.60. The average molecular weight is 245 g/mol. The van der Waals surface area contributed by atoms with E-state index in [4.69, 9.17) is 27.8 Å². The monoisotopic (exact) mass is 244 g/mol. The van der Waals surface area contributed by atoms with Crippen molar-refractivity contribution in [1.29, 1.82) is 0 Å². The van der Waals surface area contributed by atoms with Crippen molar-refractivity contribution >= 4 is 11.6 Å². The molecule has 1 rings (SSSR count). The number of methoxy groups -OCH3 is 1. The summed E-state index contributed by atoms with van der Waals surface area (Å²) in [6.07, 6.45) is -0.775. The fraction of sp³-hybridized carbons (Fsp3) is 0.455. The van der Waals surface area contributed by atoms with Gasteiger partial charge in [-0.15, -0.1) is 0 Å². The molecule has 0 bridgehead atoms. The van der Waals surface area contributed by atoms with Gasteiger partial charge in [-0.05, 0) is 30.2 Å². The fourth-order valence-electron chi connectivity index (χ4n) is 1.54. The van der Waals surface area contributed by atoms with E-state index in [-0.39, 0.29) is 6.54 Å². The highest BCUT2D eigenvalue weighted by molar-refractivity contribution is 6.32. The first-order chi connectivity index (χ1) is 7.51. The average Bonchev–Trinajstić information content (AvgIpc) is 2.29. The second-order valence-electron chi connectivity index (χ2n) is 3.67. The predicted molar refractivity (Wildman–Crippen MR) is 64.7 cm³/mol. The lowest BCUT2D eigenvalue weighted by atomic mass is 9.97. The Bertz CT molecular complexity index is 371. The molecule has 1 aromatic rings. The zero-order valence-corrected chi connectivity index (χ0v) is 10.2. The first kappa shape index (κ1) is 13.3. The van der Waals surface area contributed by atoms with E-state index in [1.54, 1.807) is 19.2 Å². The van der Waals surface area contributed by atoms with Gasteiger partial charge in [-0.3, -0.25) is 0 Å². The minimum absolute atomic E-state index is 0.115. The van der Waals surface area contributed by atoms with E-state index in [0.29, 0.717) is 10.8 Å². The molecule has 5 N–H and O–H groups in total. The van der Waals surface area contributed by atoms with Crippen LogP contribution in [0.5, 0.6) is 5.75 Å². The molecule has 2 unspecified atom stereocenters. The van der Waals surface area contributed by atoms with Crippen molar-refractivity contribution in [3.63, 3.8) is 0 Å². The third kappa shape index (κ3) is 2.65. The number of hydrogen-bond donors (Lipinski definition) is 3. The lowest BCUT2D eigenvalue weighted by Crippen LogP contribution is -2.33. The van der Waals surface area contributed by atoms with Gasteiger partial charge in [0.1, 0.15) is 5.75 Å². The summed E-state index contributed by atoms with van der Waals surface area (Å²) in [7, 11) is 1.55. The Morgan fingerprint density at radius 3 is 2.62 bits per heavy atom. The fourth-order valence-corrected chi connectivity index (χ4v) is 1.79. The van der Waals surface area contributed by atoms with Crippen LogP contribution < -0.4 is 16.2 Å². The number of halogens is 1. The van der Waals surface area contributed by atoms with E-state index in [0.717, 1.165) is 11.1 Å². The number of ether oxygens (including phenoxy) is 1. The standard InChI is InChI=1S/C11H17ClN2O2/c1-6-3-10(16-2)8(12)4-7(6)11(14)9(15)5-13/h3-4,9,11,15H,5,13-14H2,1-2H3. The molecule has 0 heterocycles. The third-order valence-electron chi connectivity index (χ3n) is 2.56. The minimum Gasteiger partial charge on any atom is -0.495 e. The molecule has 0 aliphatic heterocycles. The van der Waals surface area contributed by atoms with Gasteiger partial charge in [0.25, 0.3) is 0 Å². The van der Waals surface area contributed by atoms with Gasteiger partial charge in [0, 0.05) is 6.54 Å². The summed E-state index contributed by atoms with van der Waals surface area (Å²) in [5.41, 5.74) is 12.9. The number of nitrogens with two attached hydrogens (primary N) is 2. The van der Waals surface area contributed by atoms with Gasteiger partial charge in [-0.25, -0.2) is 0 Å². The highest BCUT2D eigenvalue weighted by Crippen LogP contribution is 2.30. The van der Waals surface area contributed by atoms with Crippen LogP contribution in [0.15, 0.2) is 12.1 Å². The van der Waals surface area contributed by atoms with E-state index in [2.05, 4.69) is 0 Å². The zero-order chi connectivity index (χ0) is 12.3. The van der Waals surface area contributed by atoms with E-state index in [9.17, 15) is 5.11 Å². The third-order valence-corrected chi connectivity index (χ3v) is 2.85. The molecule has 0 radical (unpaired) electrons. The maximum atomic E-state index is 9.60. The van der Waals surface area contributed by atoms with Crippen LogP contribution >= 0.6 is 11.6 Å². The lowest BCUT2D eigenvalue weighted by Gasteiger charge is -2.20. The van der Waals surface area contributed by atoms with Gasteiger partial charge in [0.2, 0.25) is 0 Å². The summed E-state index contributed by atoms with van der Waals surface area (Å²) in [4.78, 5) is 0. The summed E-state index contributed by atoms with van der Waals surface area (Å²) in [5.74, 6) is 0.595. The van der Waals surface area contributed by atoms with Crippen molar-refractivity contribution in [2.24, 2.45) is 11.5 Å². The summed E-state index contributed by atoms with van der Waals surface area (Å²) in [5, 5.41) is 10.1. The smallest absolute Gasteiger partial charge is 0.137 e. The first-order valence-corrected chi connectivity index (χ1v) is 5.36. The van der Waals surface area contributed by atoms with Gasteiger partial charge >= 0.3 is 0 Å². The van der Waals surface area contributed by atoms with Crippen molar-refractivity contribution in [1.82, 2.24) is 0 Å². The number of rotatable bonds is 4. The molecule has 90 valence electrons. The number of benzene rings is 1. The largest absolute Gasteiger partial charge is 0.495 e. The molecule has 4 nitrogen and oxygen atoms in total. The van der Waals surface area contributed by atoms with E-state index in [1.165, 1.54) is 0 Å². The van der Waals surface area contributed by atoms with E-state index in [1.807, 2.05) is 6.92 Å². The van der Waals surface area contributed by atoms with Gasteiger partial charge in [0.05, 0.1) is 24.3 Å². The van der Waals surface area contributed by atoms with E-state index < -0.39 is 12.1 Å².